The maximum Gasteiger partial charge on any atom is 0.0710 e. The van der Waals surface area contributed by atoms with E-state index in [1.54, 1.807) is 0 Å². The Hall–Kier alpha value is -6.06. The lowest BCUT2D eigenvalue weighted by Crippen LogP contribution is -1.97. The van der Waals surface area contributed by atoms with Crippen molar-refractivity contribution in [3.8, 4) is 50.7 Å². The molecule has 0 aliphatic rings. The highest BCUT2D eigenvalue weighted by atomic mass is 15.0. The van der Waals surface area contributed by atoms with Gasteiger partial charge >= 0.3 is 0 Å². The molecule has 9 rings (SSSR count). The molecule has 3 nitrogen and oxygen atoms in total. The topological polar surface area (TPSA) is 30.7 Å². The normalized spacial score (nSPS) is 11.6. The van der Waals surface area contributed by atoms with Gasteiger partial charge in [0.1, 0.15) is 0 Å². The molecule has 0 N–H and O–H groups in total. The summed E-state index contributed by atoms with van der Waals surface area (Å²) in [5.74, 6) is 0. The van der Waals surface area contributed by atoms with Crippen LogP contribution < -0.4 is 0 Å². The van der Waals surface area contributed by atoms with E-state index in [1.165, 1.54) is 32.6 Å². The van der Waals surface area contributed by atoms with Gasteiger partial charge in [0.25, 0.3) is 0 Å². The molecular weight excluding hydrogens is 546 g/mol. The summed E-state index contributed by atoms with van der Waals surface area (Å²) in [5.41, 5.74) is 11.5. The van der Waals surface area contributed by atoms with Gasteiger partial charge in [0.2, 0.25) is 0 Å². The zero-order chi connectivity index (χ0) is 29.7. The number of rotatable bonds is 5. The van der Waals surface area contributed by atoms with Gasteiger partial charge in [-0.15, -0.1) is 0 Å². The molecule has 3 heteroatoms. The second-order valence-corrected chi connectivity index (χ2v) is 11.5. The lowest BCUT2D eigenvalue weighted by atomic mass is 10.0. The second kappa shape index (κ2) is 10.3. The predicted molar refractivity (Wildman–Crippen MR) is 187 cm³/mol. The molecule has 0 saturated heterocycles. The molecule has 9 aromatic rings. The molecule has 6 aromatic carbocycles. The number of pyridine rings is 2. The Morgan fingerprint density at radius 2 is 0.756 bits per heavy atom. The Bertz CT molecular complexity index is 2310. The van der Waals surface area contributed by atoms with Crippen molar-refractivity contribution in [2.24, 2.45) is 0 Å². The summed E-state index contributed by atoms with van der Waals surface area (Å²) in [7, 11) is 0. The smallest absolute Gasteiger partial charge is 0.0710 e. The van der Waals surface area contributed by atoms with Crippen molar-refractivity contribution in [1.29, 1.82) is 0 Å². The van der Waals surface area contributed by atoms with E-state index < -0.39 is 0 Å². The first kappa shape index (κ1) is 25.4. The Kier molecular flexibility index (Phi) is 5.82. The number of benzene rings is 6. The monoisotopic (exact) mass is 573 g/mol. The van der Waals surface area contributed by atoms with Crippen LogP contribution in [0.4, 0.5) is 0 Å². The van der Waals surface area contributed by atoms with Crippen LogP contribution >= 0.6 is 0 Å². The van der Waals surface area contributed by atoms with Crippen molar-refractivity contribution in [1.82, 2.24) is 14.5 Å². The first-order valence-electron chi connectivity index (χ1n) is 15.3. The third-order valence-corrected chi connectivity index (χ3v) is 8.73. The maximum absolute atomic E-state index is 5.16. The minimum absolute atomic E-state index is 0.923. The van der Waals surface area contributed by atoms with E-state index in [0.29, 0.717) is 0 Å². The summed E-state index contributed by atoms with van der Waals surface area (Å²) in [6, 6.07) is 57.7. The van der Waals surface area contributed by atoms with E-state index in [2.05, 4.69) is 156 Å². The Morgan fingerprint density at radius 1 is 0.333 bits per heavy atom. The summed E-state index contributed by atoms with van der Waals surface area (Å²) in [6.45, 7) is 0. The first-order valence-corrected chi connectivity index (χ1v) is 15.3. The van der Waals surface area contributed by atoms with Crippen LogP contribution in [0.25, 0.3) is 83.3 Å². The molecule has 0 aliphatic carbocycles. The summed E-state index contributed by atoms with van der Waals surface area (Å²) >= 11 is 0. The molecule has 210 valence electrons. The fourth-order valence-electron chi connectivity index (χ4n) is 6.66. The third kappa shape index (κ3) is 4.29. The highest BCUT2D eigenvalue weighted by molar-refractivity contribution is 6.24. The van der Waals surface area contributed by atoms with Gasteiger partial charge in [-0.25, -0.2) is 9.97 Å². The largest absolute Gasteiger partial charge is 0.309 e. The molecule has 0 bridgehead atoms. The van der Waals surface area contributed by atoms with Crippen LogP contribution in [0.2, 0.25) is 0 Å². The summed E-state index contributed by atoms with van der Waals surface area (Å²) in [6.07, 6.45) is 0. The molecule has 3 aromatic heterocycles. The van der Waals surface area contributed by atoms with Crippen molar-refractivity contribution < 1.29 is 0 Å². The Labute approximate surface area is 261 Å². The van der Waals surface area contributed by atoms with E-state index in [4.69, 9.17) is 9.97 Å². The van der Waals surface area contributed by atoms with Crippen LogP contribution in [0.15, 0.2) is 164 Å². The molecule has 3 heterocycles. The van der Waals surface area contributed by atoms with Gasteiger partial charge in [0.15, 0.2) is 0 Å². The molecule has 0 radical (unpaired) electrons. The quantitative estimate of drug-likeness (QED) is 0.192. The number of nitrogens with zero attached hydrogens (tertiary/aromatic N) is 3. The molecule has 0 saturated carbocycles. The summed E-state index contributed by atoms with van der Waals surface area (Å²) < 4.78 is 2.40. The molecule has 0 atom stereocenters. The van der Waals surface area contributed by atoms with Crippen LogP contribution in [-0.4, -0.2) is 14.5 Å². The van der Waals surface area contributed by atoms with Gasteiger partial charge in [0, 0.05) is 38.7 Å². The van der Waals surface area contributed by atoms with Crippen LogP contribution in [0, 0.1) is 0 Å². The highest BCUT2D eigenvalue weighted by Crippen LogP contribution is 2.40. The molecule has 0 fully saturated rings. The van der Waals surface area contributed by atoms with Gasteiger partial charge in [-0.1, -0.05) is 109 Å². The van der Waals surface area contributed by atoms with Gasteiger partial charge in [-0.05, 0) is 65.4 Å². The summed E-state index contributed by atoms with van der Waals surface area (Å²) in [4.78, 5) is 10.3. The molecule has 0 spiro atoms. The van der Waals surface area contributed by atoms with Crippen molar-refractivity contribution in [2.75, 3.05) is 0 Å². The first-order chi connectivity index (χ1) is 22.3. The van der Waals surface area contributed by atoms with Crippen molar-refractivity contribution in [2.45, 2.75) is 0 Å². The van der Waals surface area contributed by atoms with Crippen molar-refractivity contribution in [3.63, 3.8) is 0 Å². The van der Waals surface area contributed by atoms with Gasteiger partial charge in [-0.3, -0.25) is 0 Å². The van der Waals surface area contributed by atoms with Crippen LogP contribution in [0.1, 0.15) is 0 Å². The average molecular weight is 574 g/mol. The third-order valence-electron chi connectivity index (χ3n) is 8.73. The maximum atomic E-state index is 5.16. The fourth-order valence-corrected chi connectivity index (χ4v) is 6.66. The van der Waals surface area contributed by atoms with Crippen LogP contribution in [0.3, 0.4) is 0 Å². The van der Waals surface area contributed by atoms with Crippen LogP contribution in [0.5, 0.6) is 0 Å². The minimum Gasteiger partial charge on any atom is -0.309 e. The molecule has 0 unspecified atom stereocenters. The molecular formula is C42H27N3. The summed E-state index contributed by atoms with van der Waals surface area (Å²) in [5, 5.41) is 5.10. The number of hydrogen-bond acceptors (Lipinski definition) is 2. The lowest BCUT2D eigenvalue weighted by molar-refractivity contribution is 1.18. The average Bonchev–Trinajstić information content (AvgIpc) is 3.47. The SMILES string of the molecule is c1ccc(-c2cccc(-c3cc(-c4cccc(-c5ccccc5)n4)cc(-n4c5cccc6ccc7cccc4c7c65)c3)n2)cc1. The molecule has 0 amide bonds. The highest BCUT2D eigenvalue weighted by Gasteiger charge is 2.18. The Morgan fingerprint density at radius 3 is 1.22 bits per heavy atom. The van der Waals surface area contributed by atoms with Crippen molar-refractivity contribution >= 4 is 32.6 Å². The minimum atomic E-state index is 0.923. The van der Waals surface area contributed by atoms with E-state index in [0.717, 1.165) is 50.7 Å². The van der Waals surface area contributed by atoms with Gasteiger partial charge in [0.05, 0.1) is 33.8 Å². The second-order valence-electron chi connectivity index (χ2n) is 11.5. The zero-order valence-corrected chi connectivity index (χ0v) is 24.4. The van der Waals surface area contributed by atoms with Gasteiger partial charge in [-0.2, -0.15) is 0 Å². The van der Waals surface area contributed by atoms with E-state index in [9.17, 15) is 0 Å². The van der Waals surface area contributed by atoms with E-state index in [1.807, 2.05) is 12.1 Å². The van der Waals surface area contributed by atoms with Crippen LogP contribution in [-0.2, 0) is 0 Å². The fraction of sp³-hybridized carbons (Fsp3) is 0. The lowest BCUT2D eigenvalue weighted by Gasteiger charge is -2.14. The van der Waals surface area contributed by atoms with E-state index in [-0.39, 0.29) is 0 Å². The number of aromatic nitrogens is 3. The predicted octanol–water partition coefficient (Wildman–Crippen LogP) is 10.8. The van der Waals surface area contributed by atoms with Gasteiger partial charge < -0.3 is 4.57 Å². The Balaban J connectivity index is 1.31. The molecule has 45 heavy (non-hydrogen) atoms. The zero-order valence-electron chi connectivity index (χ0n) is 24.4. The van der Waals surface area contributed by atoms with E-state index >= 15 is 0 Å². The molecule has 0 aliphatic heterocycles. The standard InChI is InChI=1S/C42H27N3/c1-3-11-28(12-4-1)35-17-9-19-37(43-35)32-25-33(38-20-10-18-36(44-38)29-13-5-2-6-14-29)27-34(26-32)45-39-21-7-15-30-23-24-31-16-8-22-40(45)42(31)41(30)39/h1-27H. The van der Waals surface area contributed by atoms with Crippen molar-refractivity contribution in [3.05, 3.63) is 164 Å². The number of hydrogen-bond donors (Lipinski definition) is 0.